The van der Waals surface area contributed by atoms with E-state index in [4.69, 9.17) is 4.74 Å². The minimum atomic E-state index is -4.34. The molecule has 7 heteroatoms. The van der Waals surface area contributed by atoms with Crippen molar-refractivity contribution in [1.82, 2.24) is 0 Å². The number of hydrogen-bond donors (Lipinski definition) is 1. The van der Waals surface area contributed by atoms with E-state index in [1.165, 1.54) is 23.9 Å². The number of carbonyl (C=O) groups is 1. The summed E-state index contributed by atoms with van der Waals surface area (Å²) in [6.07, 6.45) is -1.88. The Hall–Kier alpha value is -3.19. The van der Waals surface area contributed by atoms with E-state index in [1.54, 1.807) is 6.92 Å². The molecule has 0 fully saturated rings. The summed E-state index contributed by atoms with van der Waals surface area (Å²) in [7, 11) is 0. The molecule has 1 atom stereocenters. The third-order valence-corrected chi connectivity index (χ3v) is 7.24. The van der Waals surface area contributed by atoms with E-state index >= 15 is 0 Å². The third kappa shape index (κ3) is 6.92. The number of benzene rings is 3. The molecule has 0 aromatic heterocycles. The minimum absolute atomic E-state index is 0.362. The number of alkyl halides is 3. The number of rotatable bonds is 9. The number of ether oxygens (including phenoxy) is 1. The zero-order valence-electron chi connectivity index (χ0n) is 19.7. The molecule has 0 radical (unpaired) electrons. The van der Waals surface area contributed by atoms with Crippen molar-refractivity contribution >= 4 is 23.3 Å². The van der Waals surface area contributed by atoms with Crippen LogP contribution in [0.4, 0.5) is 13.2 Å². The van der Waals surface area contributed by atoms with Gasteiger partial charge in [-0.25, -0.2) is 0 Å². The highest BCUT2D eigenvalue weighted by atomic mass is 32.2. The second-order valence-corrected chi connectivity index (χ2v) is 9.89. The fourth-order valence-electron chi connectivity index (χ4n) is 3.29. The van der Waals surface area contributed by atoms with Crippen LogP contribution >= 0.6 is 11.8 Å². The Morgan fingerprint density at radius 3 is 1.97 bits per heavy atom. The predicted octanol–water partition coefficient (Wildman–Crippen LogP) is 8.20. The van der Waals surface area contributed by atoms with Gasteiger partial charge in [0.1, 0.15) is 17.1 Å². The molecule has 35 heavy (non-hydrogen) atoms. The van der Waals surface area contributed by atoms with E-state index in [1.807, 2.05) is 68.5 Å². The van der Waals surface area contributed by atoms with E-state index in [2.05, 4.69) is 0 Å². The summed E-state index contributed by atoms with van der Waals surface area (Å²) >= 11 is 1.32. The lowest BCUT2D eigenvalue weighted by molar-refractivity contribution is -0.139. The SMILES string of the molecule is CCC(C)(Sc1ccc(OCC=C(C)c2ccc(-c3ccc(C(F)(F)F)cc3)cc2)cc1)C(=O)O. The van der Waals surface area contributed by atoms with Crippen molar-refractivity contribution in [1.29, 1.82) is 0 Å². The van der Waals surface area contributed by atoms with Crippen LogP contribution in [0, 0.1) is 0 Å². The molecule has 0 aliphatic rings. The molecule has 0 heterocycles. The van der Waals surface area contributed by atoms with Gasteiger partial charge in [0, 0.05) is 4.90 Å². The van der Waals surface area contributed by atoms with Gasteiger partial charge in [0.25, 0.3) is 0 Å². The number of carboxylic acids is 1. The summed E-state index contributed by atoms with van der Waals surface area (Å²) < 4.78 is 43.2. The molecule has 3 rings (SSSR count). The first-order valence-corrected chi connectivity index (χ1v) is 11.9. The Labute approximate surface area is 207 Å². The number of halogens is 3. The molecule has 0 saturated carbocycles. The maximum Gasteiger partial charge on any atom is 0.416 e. The van der Waals surface area contributed by atoms with E-state index in [0.29, 0.717) is 18.8 Å². The minimum Gasteiger partial charge on any atom is -0.490 e. The molecular weight excluding hydrogens is 473 g/mol. The van der Waals surface area contributed by atoms with Crippen molar-refractivity contribution in [2.45, 2.75) is 43.0 Å². The smallest absolute Gasteiger partial charge is 0.416 e. The van der Waals surface area contributed by atoms with Crippen molar-refractivity contribution < 1.29 is 27.8 Å². The average Bonchev–Trinajstić information content (AvgIpc) is 2.84. The number of aliphatic carboxylic acids is 1. The van der Waals surface area contributed by atoms with Gasteiger partial charge in [0.2, 0.25) is 0 Å². The summed E-state index contributed by atoms with van der Waals surface area (Å²) in [6, 6.07) is 20.1. The molecule has 3 nitrogen and oxygen atoms in total. The molecule has 0 aliphatic carbocycles. The normalized spacial score (nSPS) is 13.8. The lowest BCUT2D eigenvalue weighted by atomic mass is 10.00. The second-order valence-electron chi connectivity index (χ2n) is 8.31. The topological polar surface area (TPSA) is 46.5 Å². The first kappa shape index (κ1) is 26.4. The molecule has 0 spiro atoms. The van der Waals surface area contributed by atoms with Gasteiger partial charge in [-0.1, -0.05) is 43.3 Å². The van der Waals surface area contributed by atoms with Crippen molar-refractivity contribution in [2.24, 2.45) is 0 Å². The monoisotopic (exact) mass is 500 g/mol. The number of carboxylic acid groups (broad SMARTS) is 1. The van der Waals surface area contributed by atoms with Crippen LogP contribution in [0.15, 0.2) is 83.8 Å². The van der Waals surface area contributed by atoms with E-state index in [-0.39, 0.29) is 0 Å². The van der Waals surface area contributed by atoms with Gasteiger partial charge in [-0.2, -0.15) is 13.2 Å². The molecule has 3 aromatic carbocycles. The van der Waals surface area contributed by atoms with Gasteiger partial charge >= 0.3 is 12.1 Å². The zero-order chi connectivity index (χ0) is 25.6. The van der Waals surface area contributed by atoms with Crippen LogP contribution in [0.1, 0.15) is 38.3 Å². The molecule has 1 N–H and O–H groups in total. The molecule has 0 bridgehead atoms. The maximum absolute atomic E-state index is 12.8. The fraction of sp³-hybridized carbons (Fsp3) is 0.250. The van der Waals surface area contributed by atoms with E-state index in [0.717, 1.165) is 39.3 Å². The van der Waals surface area contributed by atoms with E-state index in [9.17, 15) is 23.1 Å². The van der Waals surface area contributed by atoms with Crippen molar-refractivity contribution in [3.05, 3.63) is 90.0 Å². The Bertz CT molecular complexity index is 1170. The van der Waals surface area contributed by atoms with Gasteiger partial charge in [0.15, 0.2) is 0 Å². The number of hydrogen-bond acceptors (Lipinski definition) is 3. The van der Waals surface area contributed by atoms with Crippen LogP contribution in [0.25, 0.3) is 16.7 Å². The van der Waals surface area contributed by atoms with Gasteiger partial charge in [0.05, 0.1) is 5.56 Å². The first-order valence-electron chi connectivity index (χ1n) is 11.1. The second kappa shape index (κ2) is 11.0. The summed E-state index contributed by atoms with van der Waals surface area (Å²) in [5, 5.41) is 9.43. The Balaban J connectivity index is 1.58. The third-order valence-electron chi connectivity index (χ3n) is 5.82. The van der Waals surface area contributed by atoms with Crippen LogP contribution in [-0.4, -0.2) is 22.4 Å². The zero-order valence-corrected chi connectivity index (χ0v) is 20.5. The highest BCUT2D eigenvalue weighted by Gasteiger charge is 2.32. The lowest BCUT2D eigenvalue weighted by Gasteiger charge is -2.22. The van der Waals surface area contributed by atoms with Crippen LogP contribution in [0.3, 0.4) is 0 Å². The summed E-state index contributed by atoms with van der Waals surface area (Å²) in [5.74, 6) is -0.150. The summed E-state index contributed by atoms with van der Waals surface area (Å²) in [5.41, 5.74) is 2.90. The van der Waals surface area contributed by atoms with Crippen LogP contribution in [-0.2, 0) is 11.0 Å². The van der Waals surface area contributed by atoms with Crippen LogP contribution in [0.2, 0.25) is 0 Å². The molecule has 0 saturated heterocycles. The average molecular weight is 501 g/mol. The van der Waals surface area contributed by atoms with Crippen molar-refractivity contribution in [3.8, 4) is 16.9 Å². The quantitative estimate of drug-likeness (QED) is 0.301. The maximum atomic E-state index is 12.8. The highest BCUT2D eigenvalue weighted by Crippen LogP contribution is 2.36. The van der Waals surface area contributed by atoms with Crippen molar-refractivity contribution in [2.75, 3.05) is 6.61 Å². The molecule has 184 valence electrons. The Morgan fingerprint density at radius 1 is 0.943 bits per heavy atom. The lowest BCUT2D eigenvalue weighted by Crippen LogP contribution is -2.30. The number of allylic oxidation sites excluding steroid dienone is 1. The standard InChI is InChI=1S/C28H27F3O3S/c1-4-27(3,26(32)33)35-25-15-13-24(14-16-25)34-18-17-19(2)20-5-7-21(8-6-20)22-9-11-23(12-10-22)28(29,30)31/h5-17H,4,18H2,1-3H3,(H,32,33). The fourth-order valence-corrected chi connectivity index (χ4v) is 4.31. The number of thioether (sulfide) groups is 1. The molecule has 1 unspecified atom stereocenters. The highest BCUT2D eigenvalue weighted by molar-refractivity contribution is 8.01. The summed E-state index contributed by atoms with van der Waals surface area (Å²) in [4.78, 5) is 12.4. The molecule has 0 amide bonds. The Kier molecular flexibility index (Phi) is 8.33. The van der Waals surface area contributed by atoms with Crippen molar-refractivity contribution in [3.63, 3.8) is 0 Å². The largest absolute Gasteiger partial charge is 0.490 e. The Morgan fingerprint density at radius 2 is 1.49 bits per heavy atom. The molecule has 0 aliphatic heterocycles. The van der Waals surface area contributed by atoms with Crippen LogP contribution < -0.4 is 4.74 Å². The first-order chi connectivity index (χ1) is 16.5. The van der Waals surface area contributed by atoms with Gasteiger partial charge in [-0.15, -0.1) is 11.8 Å². The predicted molar refractivity (Wildman–Crippen MR) is 135 cm³/mol. The molecule has 3 aromatic rings. The van der Waals surface area contributed by atoms with E-state index < -0.39 is 22.5 Å². The summed E-state index contributed by atoms with van der Waals surface area (Å²) in [6.45, 7) is 5.90. The molecular formula is C28H27F3O3S. The van der Waals surface area contributed by atoms with Gasteiger partial charge in [-0.05, 0) is 85.0 Å². The van der Waals surface area contributed by atoms with Gasteiger partial charge in [-0.3, -0.25) is 4.79 Å². The van der Waals surface area contributed by atoms with Gasteiger partial charge < -0.3 is 9.84 Å². The van der Waals surface area contributed by atoms with Crippen LogP contribution in [0.5, 0.6) is 5.75 Å².